The average molecular weight is 171 g/mol. The van der Waals surface area contributed by atoms with E-state index in [-0.39, 0.29) is 17.9 Å². The second kappa shape index (κ2) is 4.45. The van der Waals surface area contributed by atoms with E-state index in [4.69, 9.17) is 0 Å². The number of rotatable bonds is 4. The van der Waals surface area contributed by atoms with Crippen molar-refractivity contribution < 1.29 is 9.90 Å². The van der Waals surface area contributed by atoms with Crippen LogP contribution in [0.15, 0.2) is 0 Å². The third-order valence-corrected chi connectivity index (χ3v) is 2.41. The fourth-order valence-electron chi connectivity index (χ4n) is 1.55. The maximum Gasteiger partial charge on any atom is 0.220 e. The fourth-order valence-corrected chi connectivity index (χ4v) is 1.55. The van der Waals surface area contributed by atoms with Gasteiger partial charge in [-0.2, -0.15) is 0 Å². The van der Waals surface area contributed by atoms with Crippen LogP contribution >= 0.6 is 0 Å². The molecule has 0 bridgehead atoms. The molecule has 0 aromatic rings. The van der Waals surface area contributed by atoms with Gasteiger partial charge in [0.1, 0.15) is 0 Å². The van der Waals surface area contributed by atoms with Gasteiger partial charge in [-0.25, -0.2) is 0 Å². The monoisotopic (exact) mass is 171 g/mol. The highest BCUT2D eigenvalue weighted by molar-refractivity contribution is 5.78. The van der Waals surface area contributed by atoms with Crippen LogP contribution in [0.4, 0.5) is 0 Å². The number of unbranched alkanes of at least 4 members (excludes halogenated alkanes) is 1. The van der Waals surface area contributed by atoms with E-state index >= 15 is 0 Å². The van der Waals surface area contributed by atoms with Crippen molar-refractivity contribution in [1.82, 2.24) is 5.32 Å². The zero-order valence-corrected chi connectivity index (χ0v) is 7.55. The normalized spacial score (nSPS) is 25.5. The molecule has 0 aliphatic carbocycles. The topological polar surface area (TPSA) is 49.3 Å². The Hall–Kier alpha value is -0.570. The Morgan fingerprint density at radius 3 is 3.00 bits per heavy atom. The highest BCUT2D eigenvalue weighted by Gasteiger charge is 2.27. The third-order valence-electron chi connectivity index (χ3n) is 2.41. The molecule has 70 valence electrons. The van der Waals surface area contributed by atoms with Crippen molar-refractivity contribution >= 4 is 5.91 Å². The number of hydrogen-bond donors (Lipinski definition) is 2. The molecule has 0 spiro atoms. The molecule has 1 rings (SSSR count). The third kappa shape index (κ3) is 2.48. The zero-order chi connectivity index (χ0) is 8.97. The van der Waals surface area contributed by atoms with E-state index in [0.717, 1.165) is 19.3 Å². The lowest BCUT2D eigenvalue weighted by atomic mass is 9.97. The molecule has 3 heteroatoms. The lowest BCUT2D eigenvalue weighted by molar-refractivity contribution is -0.119. The first-order valence-corrected chi connectivity index (χ1v) is 4.68. The van der Waals surface area contributed by atoms with E-state index in [1.807, 2.05) is 0 Å². The molecule has 1 unspecified atom stereocenters. The summed E-state index contributed by atoms with van der Waals surface area (Å²) in [5.41, 5.74) is 0. The van der Waals surface area contributed by atoms with Crippen molar-refractivity contribution in [1.29, 1.82) is 0 Å². The Labute approximate surface area is 73.2 Å². The SMILES string of the molecule is CCCC[C@@H](O)C1CNC(=O)C1. The molecular weight excluding hydrogens is 154 g/mol. The van der Waals surface area contributed by atoms with Crippen molar-refractivity contribution in [2.75, 3.05) is 6.54 Å². The second-order valence-electron chi connectivity index (χ2n) is 3.48. The first-order valence-electron chi connectivity index (χ1n) is 4.68. The minimum Gasteiger partial charge on any atom is -0.393 e. The van der Waals surface area contributed by atoms with E-state index in [2.05, 4.69) is 12.2 Å². The van der Waals surface area contributed by atoms with Crippen LogP contribution < -0.4 is 5.32 Å². The molecule has 3 nitrogen and oxygen atoms in total. The summed E-state index contributed by atoms with van der Waals surface area (Å²) in [6, 6.07) is 0. The van der Waals surface area contributed by atoms with Gasteiger partial charge in [-0.15, -0.1) is 0 Å². The summed E-state index contributed by atoms with van der Waals surface area (Å²) in [6.07, 6.45) is 3.20. The van der Waals surface area contributed by atoms with Gasteiger partial charge in [-0.05, 0) is 6.42 Å². The van der Waals surface area contributed by atoms with Crippen molar-refractivity contribution in [2.24, 2.45) is 5.92 Å². The lowest BCUT2D eigenvalue weighted by Crippen LogP contribution is -2.22. The summed E-state index contributed by atoms with van der Waals surface area (Å²) in [6.45, 7) is 2.76. The minimum absolute atomic E-state index is 0.0792. The highest BCUT2D eigenvalue weighted by atomic mass is 16.3. The van der Waals surface area contributed by atoms with Crippen molar-refractivity contribution in [3.63, 3.8) is 0 Å². The predicted octanol–water partition coefficient (Wildman–Crippen LogP) is 0.674. The first-order chi connectivity index (χ1) is 5.74. The Kier molecular flexibility index (Phi) is 3.53. The quantitative estimate of drug-likeness (QED) is 0.653. The molecule has 12 heavy (non-hydrogen) atoms. The van der Waals surface area contributed by atoms with Crippen molar-refractivity contribution in [2.45, 2.75) is 38.7 Å². The summed E-state index contributed by atoms with van der Waals surface area (Å²) in [7, 11) is 0. The standard InChI is InChI=1S/C9H17NO2/c1-2-3-4-8(11)7-5-9(12)10-6-7/h7-8,11H,2-6H2,1H3,(H,10,12)/t7?,8-/m1/s1. The van der Waals surface area contributed by atoms with Gasteiger partial charge < -0.3 is 10.4 Å². The summed E-state index contributed by atoms with van der Waals surface area (Å²) in [5.74, 6) is 0.236. The van der Waals surface area contributed by atoms with E-state index < -0.39 is 0 Å². The first kappa shape index (κ1) is 9.52. The fraction of sp³-hybridized carbons (Fsp3) is 0.889. The number of amides is 1. The minimum atomic E-state index is -0.288. The molecule has 1 aliphatic rings. The Bertz CT molecular complexity index is 159. The molecule has 1 amide bonds. The van der Waals surface area contributed by atoms with E-state index in [1.54, 1.807) is 0 Å². The maximum absolute atomic E-state index is 10.8. The van der Waals surface area contributed by atoms with Crippen LogP contribution in [-0.2, 0) is 4.79 Å². The Morgan fingerprint density at radius 1 is 1.75 bits per heavy atom. The van der Waals surface area contributed by atoms with Gasteiger partial charge in [0.2, 0.25) is 5.91 Å². The zero-order valence-electron chi connectivity index (χ0n) is 7.55. The molecule has 0 aromatic heterocycles. The van der Waals surface area contributed by atoms with Crippen LogP contribution in [-0.4, -0.2) is 23.7 Å². The van der Waals surface area contributed by atoms with Crippen LogP contribution in [0, 0.1) is 5.92 Å². The number of nitrogens with one attached hydrogen (secondary N) is 1. The second-order valence-corrected chi connectivity index (χ2v) is 3.48. The van der Waals surface area contributed by atoms with E-state index in [0.29, 0.717) is 13.0 Å². The summed E-state index contributed by atoms with van der Waals surface area (Å²) >= 11 is 0. The number of hydrogen-bond acceptors (Lipinski definition) is 2. The molecule has 0 saturated carbocycles. The van der Waals surface area contributed by atoms with E-state index in [1.165, 1.54) is 0 Å². The number of aliphatic hydroxyl groups excluding tert-OH is 1. The van der Waals surface area contributed by atoms with Gasteiger partial charge in [0.25, 0.3) is 0 Å². The molecule has 0 aromatic carbocycles. The van der Waals surface area contributed by atoms with Crippen molar-refractivity contribution in [3.8, 4) is 0 Å². The number of aliphatic hydroxyl groups is 1. The predicted molar refractivity (Wildman–Crippen MR) is 46.6 cm³/mol. The van der Waals surface area contributed by atoms with Gasteiger partial charge in [0, 0.05) is 18.9 Å². The van der Waals surface area contributed by atoms with Crippen LogP contribution in [0.3, 0.4) is 0 Å². The van der Waals surface area contributed by atoms with Crippen LogP contribution in [0.25, 0.3) is 0 Å². The molecule has 1 aliphatic heterocycles. The van der Waals surface area contributed by atoms with Gasteiger partial charge in [0.05, 0.1) is 6.10 Å². The lowest BCUT2D eigenvalue weighted by Gasteiger charge is -2.14. The van der Waals surface area contributed by atoms with Gasteiger partial charge in [-0.3, -0.25) is 4.79 Å². The van der Waals surface area contributed by atoms with E-state index in [9.17, 15) is 9.90 Å². The van der Waals surface area contributed by atoms with Gasteiger partial charge in [-0.1, -0.05) is 19.8 Å². The summed E-state index contributed by atoms with van der Waals surface area (Å²) in [4.78, 5) is 10.8. The maximum atomic E-state index is 10.8. The van der Waals surface area contributed by atoms with Gasteiger partial charge >= 0.3 is 0 Å². The number of carbonyl (C=O) groups is 1. The van der Waals surface area contributed by atoms with Crippen molar-refractivity contribution in [3.05, 3.63) is 0 Å². The Morgan fingerprint density at radius 2 is 2.50 bits per heavy atom. The molecule has 1 fully saturated rings. The van der Waals surface area contributed by atoms with Gasteiger partial charge in [0.15, 0.2) is 0 Å². The number of carbonyl (C=O) groups excluding carboxylic acids is 1. The molecule has 0 radical (unpaired) electrons. The van der Waals surface area contributed by atoms with Crippen LogP contribution in [0.1, 0.15) is 32.6 Å². The summed E-state index contributed by atoms with van der Waals surface area (Å²) < 4.78 is 0. The van der Waals surface area contributed by atoms with Crippen LogP contribution in [0.5, 0.6) is 0 Å². The molecular formula is C9H17NO2. The molecule has 2 N–H and O–H groups in total. The Balaban J connectivity index is 2.23. The molecule has 1 saturated heterocycles. The average Bonchev–Trinajstić information content (AvgIpc) is 2.47. The molecule has 1 heterocycles. The smallest absolute Gasteiger partial charge is 0.220 e. The highest BCUT2D eigenvalue weighted by Crippen LogP contribution is 2.17. The molecule has 2 atom stereocenters. The largest absolute Gasteiger partial charge is 0.393 e. The summed E-state index contributed by atoms with van der Waals surface area (Å²) in [5, 5.41) is 12.3. The van der Waals surface area contributed by atoms with Crippen LogP contribution in [0.2, 0.25) is 0 Å².